The molecule has 0 saturated heterocycles. The fraction of sp³-hybridized carbons (Fsp3) is 0.0714. The maximum absolute atomic E-state index is 12.0. The van der Waals surface area contributed by atoms with Gasteiger partial charge in [-0.3, -0.25) is 14.5 Å². The van der Waals surface area contributed by atoms with Crippen LogP contribution >= 0.6 is 0 Å². The number of hydrogen-bond donors (Lipinski definition) is 1. The third-order valence-corrected chi connectivity index (χ3v) is 2.84. The average Bonchev–Trinajstić information content (AvgIpc) is 2.85. The summed E-state index contributed by atoms with van der Waals surface area (Å²) in [5.41, 5.74) is 1.15. The molecule has 0 fully saturated rings. The molecule has 94 valence electrons. The molecule has 0 radical (unpaired) electrons. The van der Waals surface area contributed by atoms with Crippen LogP contribution in [0.3, 0.4) is 0 Å². The number of nitrogens with zero attached hydrogens (tertiary/aromatic N) is 3. The quantitative estimate of drug-likeness (QED) is 0.760. The summed E-state index contributed by atoms with van der Waals surface area (Å²) in [6.07, 6.45) is 5.26. The minimum absolute atomic E-state index is 0.214. The second-order valence-electron chi connectivity index (χ2n) is 4.27. The number of benzene rings is 1. The third-order valence-electron chi connectivity index (χ3n) is 2.84. The zero-order valence-corrected chi connectivity index (χ0v) is 10.4. The van der Waals surface area contributed by atoms with Crippen LogP contribution in [0.15, 0.2) is 48.9 Å². The summed E-state index contributed by atoms with van der Waals surface area (Å²) in [6, 6.07) is 9.28. The molecule has 3 aromatic rings. The minimum atomic E-state index is -0.214. The molecule has 0 aliphatic heterocycles. The van der Waals surface area contributed by atoms with E-state index in [1.807, 2.05) is 24.3 Å². The lowest BCUT2D eigenvalue weighted by molar-refractivity contribution is 0.102. The first-order chi connectivity index (χ1) is 9.22. The van der Waals surface area contributed by atoms with Gasteiger partial charge in [-0.2, -0.15) is 5.10 Å². The van der Waals surface area contributed by atoms with E-state index in [1.54, 1.807) is 36.4 Å². The number of rotatable bonds is 2. The predicted octanol–water partition coefficient (Wildman–Crippen LogP) is 2.22. The SMILES string of the molecule is Cn1ccc(C(=O)Nc2ccc3cnccc3c2)n1. The van der Waals surface area contributed by atoms with Gasteiger partial charge >= 0.3 is 0 Å². The predicted molar refractivity (Wildman–Crippen MR) is 72.9 cm³/mol. The largest absolute Gasteiger partial charge is 0.321 e. The Hall–Kier alpha value is -2.69. The van der Waals surface area contributed by atoms with E-state index < -0.39 is 0 Å². The highest BCUT2D eigenvalue weighted by Crippen LogP contribution is 2.18. The molecule has 19 heavy (non-hydrogen) atoms. The Labute approximate surface area is 109 Å². The van der Waals surface area contributed by atoms with Crippen molar-refractivity contribution in [3.63, 3.8) is 0 Å². The molecule has 0 aliphatic rings. The maximum atomic E-state index is 12.0. The summed E-state index contributed by atoms with van der Waals surface area (Å²) < 4.78 is 1.60. The van der Waals surface area contributed by atoms with E-state index in [0.717, 1.165) is 16.5 Å². The Morgan fingerprint density at radius 3 is 2.89 bits per heavy atom. The summed E-state index contributed by atoms with van der Waals surface area (Å²) in [7, 11) is 1.78. The zero-order chi connectivity index (χ0) is 13.2. The van der Waals surface area contributed by atoms with Gasteiger partial charge in [-0.25, -0.2) is 0 Å². The van der Waals surface area contributed by atoms with Gasteiger partial charge in [-0.05, 0) is 29.7 Å². The van der Waals surface area contributed by atoms with Crippen molar-refractivity contribution in [3.8, 4) is 0 Å². The monoisotopic (exact) mass is 252 g/mol. The molecule has 5 heteroatoms. The number of amides is 1. The van der Waals surface area contributed by atoms with Gasteiger partial charge in [0.2, 0.25) is 0 Å². The molecule has 2 aromatic heterocycles. The standard InChI is InChI=1S/C14H12N4O/c1-18-7-5-13(17-18)14(19)16-12-3-2-11-9-15-6-4-10(11)8-12/h2-9H,1H3,(H,16,19). The molecule has 2 heterocycles. The first-order valence-electron chi connectivity index (χ1n) is 5.87. The lowest BCUT2D eigenvalue weighted by atomic mass is 10.1. The van der Waals surface area contributed by atoms with Gasteiger partial charge in [0.25, 0.3) is 5.91 Å². The molecule has 0 aliphatic carbocycles. The average molecular weight is 252 g/mol. The van der Waals surface area contributed by atoms with E-state index in [1.165, 1.54) is 0 Å². The molecule has 5 nitrogen and oxygen atoms in total. The van der Waals surface area contributed by atoms with Crippen LogP contribution in [0.4, 0.5) is 5.69 Å². The van der Waals surface area contributed by atoms with E-state index in [4.69, 9.17) is 0 Å². The Bertz CT molecular complexity index is 748. The first-order valence-corrected chi connectivity index (χ1v) is 5.87. The molecular weight excluding hydrogens is 240 g/mol. The second-order valence-corrected chi connectivity index (χ2v) is 4.27. The van der Waals surface area contributed by atoms with E-state index >= 15 is 0 Å². The second kappa shape index (κ2) is 4.53. The molecule has 0 bridgehead atoms. The summed E-state index contributed by atoms with van der Waals surface area (Å²) in [4.78, 5) is 16.0. The summed E-state index contributed by atoms with van der Waals surface area (Å²) in [5.74, 6) is -0.214. The molecule has 0 saturated carbocycles. The van der Waals surface area contributed by atoms with Crippen LogP contribution in [-0.4, -0.2) is 20.7 Å². The highest BCUT2D eigenvalue weighted by atomic mass is 16.1. The zero-order valence-electron chi connectivity index (χ0n) is 10.4. The first kappa shape index (κ1) is 11.4. The van der Waals surface area contributed by atoms with E-state index in [9.17, 15) is 4.79 Å². The van der Waals surface area contributed by atoms with Gasteiger partial charge in [0, 0.05) is 36.7 Å². The van der Waals surface area contributed by atoms with Crippen molar-refractivity contribution in [1.29, 1.82) is 0 Å². The lowest BCUT2D eigenvalue weighted by Gasteiger charge is -2.04. The highest BCUT2D eigenvalue weighted by molar-refractivity contribution is 6.03. The molecule has 0 atom stereocenters. The van der Waals surface area contributed by atoms with E-state index in [0.29, 0.717) is 5.69 Å². The van der Waals surface area contributed by atoms with Crippen molar-refractivity contribution in [2.45, 2.75) is 0 Å². The molecule has 0 spiro atoms. The van der Waals surface area contributed by atoms with Gasteiger partial charge in [-0.15, -0.1) is 0 Å². The van der Waals surface area contributed by atoms with Crippen LogP contribution < -0.4 is 5.32 Å². The van der Waals surface area contributed by atoms with E-state index in [2.05, 4.69) is 15.4 Å². The van der Waals surface area contributed by atoms with Gasteiger partial charge in [0.15, 0.2) is 5.69 Å². The van der Waals surface area contributed by atoms with Crippen molar-refractivity contribution < 1.29 is 4.79 Å². The molecular formula is C14H12N4O. The smallest absolute Gasteiger partial charge is 0.276 e. The van der Waals surface area contributed by atoms with Crippen molar-refractivity contribution in [1.82, 2.24) is 14.8 Å². The number of hydrogen-bond acceptors (Lipinski definition) is 3. The maximum Gasteiger partial charge on any atom is 0.276 e. The number of fused-ring (bicyclic) bond motifs is 1. The van der Waals surface area contributed by atoms with Crippen LogP contribution in [0.5, 0.6) is 0 Å². The number of nitrogens with one attached hydrogen (secondary N) is 1. The van der Waals surface area contributed by atoms with Gasteiger partial charge in [0.1, 0.15) is 0 Å². The van der Waals surface area contributed by atoms with Gasteiger partial charge in [-0.1, -0.05) is 6.07 Å². The Morgan fingerprint density at radius 2 is 2.11 bits per heavy atom. The fourth-order valence-electron chi connectivity index (χ4n) is 1.89. The topological polar surface area (TPSA) is 59.8 Å². The van der Waals surface area contributed by atoms with E-state index in [-0.39, 0.29) is 5.91 Å². The number of carbonyl (C=O) groups is 1. The minimum Gasteiger partial charge on any atom is -0.321 e. The normalized spacial score (nSPS) is 10.6. The molecule has 1 aromatic carbocycles. The Morgan fingerprint density at radius 1 is 1.21 bits per heavy atom. The number of aromatic nitrogens is 3. The number of anilines is 1. The van der Waals surface area contributed by atoms with Crippen LogP contribution in [0.2, 0.25) is 0 Å². The number of carbonyl (C=O) groups excluding carboxylic acids is 1. The van der Waals surface area contributed by atoms with Gasteiger partial charge < -0.3 is 5.32 Å². The number of pyridine rings is 1. The summed E-state index contributed by atoms with van der Waals surface area (Å²) in [5, 5.41) is 8.97. The fourth-order valence-corrected chi connectivity index (χ4v) is 1.89. The third kappa shape index (κ3) is 2.30. The molecule has 3 rings (SSSR count). The lowest BCUT2D eigenvalue weighted by Crippen LogP contribution is -2.12. The Balaban J connectivity index is 1.87. The highest BCUT2D eigenvalue weighted by Gasteiger charge is 2.09. The van der Waals surface area contributed by atoms with Crippen molar-refractivity contribution in [3.05, 3.63) is 54.6 Å². The van der Waals surface area contributed by atoms with Crippen LogP contribution in [0, 0.1) is 0 Å². The molecule has 1 amide bonds. The van der Waals surface area contributed by atoms with Crippen LogP contribution in [-0.2, 0) is 7.05 Å². The molecule has 1 N–H and O–H groups in total. The molecule has 0 unspecified atom stereocenters. The van der Waals surface area contributed by atoms with Crippen molar-refractivity contribution in [2.75, 3.05) is 5.32 Å². The van der Waals surface area contributed by atoms with Gasteiger partial charge in [0.05, 0.1) is 0 Å². The Kier molecular flexibility index (Phi) is 2.72. The number of aryl methyl sites for hydroxylation is 1. The van der Waals surface area contributed by atoms with Crippen molar-refractivity contribution >= 4 is 22.4 Å². The summed E-state index contributed by atoms with van der Waals surface area (Å²) >= 11 is 0. The summed E-state index contributed by atoms with van der Waals surface area (Å²) in [6.45, 7) is 0. The van der Waals surface area contributed by atoms with Crippen LogP contribution in [0.25, 0.3) is 10.8 Å². The van der Waals surface area contributed by atoms with Crippen LogP contribution in [0.1, 0.15) is 10.5 Å². The van der Waals surface area contributed by atoms with Crippen molar-refractivity contribution in [2.24, 2.45) is 7.05 Å².